The van der Waals surface area contributed by atoms with E-state index in [1.54, 1.807) is 25.4 Å². The Morgan fingerprint density at radius 1 is 1.25 bits per heavy atom. The smallest absolute Gasteiger partial charge is 0.270 e. The number of amides is 1. The predicted octanol–water partition coefficient (Wildman–Crippen LogP) is 3.06. The summed E-state index contributed by atoms with van der Waals surface area (Å²) in [6, 6.07) is 11.2. The summed E-state index contributed by atoms with van der Waals surface area (Å²) in [6.45, 7) is 1.34. The predicted molar refractivity (Wildman–Crippen MR) is 90.2 cm³/mol. The molecule has 6 nitrogen and oxygen atoms in total. The molecule has 0 unspecified atom stereocenters. The molecule has 2 aromatic heterocycles. The maximum Gasteiger partial charge on any atom is 0.270 e. The highest BCUT2D eigenvalue weighted by Gasteiger charge is 2.19. The van der Waals surface area contributed by atoms with Crippen molar-refractivity contribution in [1.82, 2.24) is 9.88 Å². The van der Waals surface area contributed by atoms with Gasteiger partial charge >= 0.3 is 0 Å². The van der Waals surface area contributed by atoms with E-state index in [-0.39, 0.29) is 5.91 Å². The van der Waals surface area contributed by atoms with E-state index >= 15 is 0 Å². The summed E-state index contributed by atoms with van der Waals surface area (Å²) in [5.74, 6) is 1.38. The van der Waals surface area contributed by atoms with Crippen molar-refractivity contribution in [3.63, 3.8) is 0 Å². The van der Waals surface area contributed by atoms with Crippen LogP contribution in [0.1, 0.15) is 16.2 Å². The van der Waals surface area contributed by atoms with Gasteiger partial charge < -0.3 is 23.8 Å². The van der Waals surface area contributed by atoms with Crippen LogP contribution in [-0.2, 0) is 11.3 Å². The summed E-state index contributed by atoms with van der Waals surface area (Å²) < 4.78 is 15.7. The van der Waals surface area contributed by atoms with Gasteiger partial charge in [0.15, 0.2) is 0 Å². The van der Waals surface area contributed by atoms with Crippen LogP contribution in [0.4, 0.5) is 0 Å². The normalized spacial score (nSPS) is 10.9. The van der Waals surface area contributed by atoms with Crippen molar-refractivity contribution >= 4 is 16.8 Å². The summed E-state index contributed by atoms with van der Waals surface area (Å²) >= 11 is 0. The Morgan fingerprint density at radius 2 is 2.12 bits per heavy atom. The number of H-pyrrole nitrogens is 1. The zero-order valence-corrected chi connectivity index (χ0v) is 13.7. The summed E-state index contributed by atoms with van der Waals surface area (Å²) in [6.07, 6.45) is 1.60. The molecule has 1 N–H and O–H groups in total. The van der Waals surface area contributed by atoms with Crippen molar-refractivity contribution < 1.29 is 18.7 Å². The van der Waals surface area contributed by atoms with E-state index in [1.165, 1.54) is 0 Å². The number of nitrogens with one attached hydrogen (secondary N) is 1. The summed E-state index contributed by atoms with van der Waals surface area (Å²) in [5.41, 5.74) is 1.39. The zero-order valence-electron chi connectivity index (χ0n) is 13.7. The van der Waals surface area contributed by atoms with Gasteiger partial charge in [-0.25, -0.2) is 0 Å². The van der Waals surface area contributed by atoms with Gasteiger partial charge in [0, 0.05) is 30.6 Å². The van der Waals surface area contributed by atoms with Crippen LogP contribution >= 0.6 is 0 Å². The Hall–Kier alpha value is -2.73. The van der Waals surface area contributed by atoms with Crippen LogP contribution in [0.25, 0.3) is 10.9 Å². The highest BCUT2D eigenvalue weighted by Crippen LogP contribution is 2.22. The third-order valence-corrected chi connectivity index (χ3v) is 3.84. The molecule has 0 radical (unpaired) electrons. The molecule has 24 heavy (non-hydrogen) atoms. The first-order valence-electron chi connectivity index (χ1n) is 7.68. The second kappa shape index (κ2) is 7.23. The molecule has 0 aliphatic rings. The van der Waals surface area contributed by atoms with E-state index < -0.39 is 0 Å². The molecule has 6 heteroatoms. The maximum absolute atomic E-state index is 12.9. The quantitative estimate of drug-likeness (QED) is 0.724. The third-order valence-electron chi connectivity index (χ3n) is 3.84. The van der Waals surface area contributed by atoms with Crippen LogP contribution in [0, 0.1) is 0 Å². The van der Waals surface area contributed by atoms with E-state index in [1.807, 2.05) is 36.4 Å². The molecular formula is C18H20N2O4. The highest BCUT2D eigenvalue weighted by atomic mass is 16.5. The minimum atomic E-state index is -0.0985. The lowest BCUT2D eigenvalue weighted by molar-refractivity contribution is 0.0661. The lowest BCUT2D eigenvalue weighted by Gasteiger charge is -2.20. The molecule has 0 saturated heterocycles. The standard InChI is InChI=1S/C18H20N2O4/c1-22-9-7-20(12-15-4-3-8-24-15)18(21)17-10-13-5-6-14(23-2)11-16(13)19-17/h3-6,8,10-11,19H,7,9,12H2,1-2H3. The minimum absolute atomic E-state index is 0.0985. The van der Waals surface area contributed by atoms with Crippen LogP contribution in [0.5, 0.6) is 5.75 Å². The van der Waals surface area contributed by atoms with E-state index in [9.17, 15) is 4.79 Å². The first kappa shape index (κ1) is 16.1. The van der Waals surface area contributed by atoms with Crippen molar-refractivity contribution in [2.45, 2.75) is 6.54 Å². The van der Waals surface area contributed by atoms with Crippen LogP contribution in [0.3, 0.4) is 0 Å². The van der Waals surface area contributed by atoms with Crippen molar-refractivity contribution in [3.8, 4) is 5.75 Å². The van der Waals surface area contributed by atoms with E-state index in [4.69, 9.17) is 13.9 Å². The van der Waals surface area contributed by atoms with Gasteiger partial charge in [-0.1, -0.05) is 0 Å². The lowest BCUT2D eigenvalue weighted by Crippen LogP contribution is -2.33. The number of rotatable bonds is 7. The number of carbonyl (C=O) groups excluding carboxylic acids is 1. The van der Waals surface area contributed by atoms with Crippen molar-refractivity contribution in [2.24, 2.45) is 0 Å². The number of carbonyl (C=O) groups is 1. The molecule has 0 aliphatic heterocycles. The van der Waals surface area contributed by atoms with Gasteiger partial charge in [0.05, 0.1) is 26.5 Å². The number of benzene rings is 1. The lowest BCUT2D eigenvalue weighted by atomic mass is 10.2. The summed E-state index contributed by atoms with van der Waals surface area (Å²) in [4.78, 5) is 17.7. The van der Waals surface area contributed by atoms with Gasteiger partial charge in [-0.3, -0.25) is 4.79 Å². The summed E-state index contributed by atoms with van der Waals surface area (Å²) in [7, 11) is 3.23. The van der Waals surface area contributed by atoms with Gasteiger partial charge in [-0.2, -0.15) is 0 Å². The fraction of sp³-hybridized carbons (Fsp3) is 0.278. The fourth-order valence-corrected chi connectivity index (χ4v) is 2.56. The molecule has 0 aliphatic carbocycles. The largest absolute Gasteiger partial charge is 0.497 e. The minimum Gasteiger partial charge on any atom is -0.497 e. The van der Waals surface area contributed by atoms with Gasteiger partial charge in [0.25, 0.3) is 5.91 Å². The number of methoxy groups -OCH3 is 2. The van der Waals surface area contributed by atoms with Gasteiger partial charge in [-0.15, -0.1) is 0 Å². The monoisotopic (exact) mass is 328 g/mol. The number of hydrogen-bond acceptors (Lipinski definition) is 4. The van der Waals surface area contributed by atoms with Crippen molar-refractivity contribution in [3.05, 3.63) is 54.1 Å². The number of furan rings is 1. The highest BCUT2D eigenvalue weighted by molar-refractivity contribution is 5.98. The topological polar surface area (TPSA) is 67.7 Å². The average molecular weight is 328 g/mol. The molecule has 0 saturated carbocycles. The molecular weight excluding hydrogens is 308 g/mol. The maximum atomic E-state index is 12.9. The number of aromatic amines is 1. The Kier molecular flexibility index (Phi) is 4.86. The van der Waals surface area contributed by atoms with Gasteiger partial charge in [0.1, 0.15) is 17.2 Å². The number of nitrogens with zero attached hydrogens (tertiary/aromatic N) is 1. The van der Waals surface area contributed by atoms with Crippen molar-refractivity contribution in [1.29, 1.82) is 0 Å². The van der Waals surface area contributed by atoms with Crippen LogP contribution < -0.4 is 4.74 Å². The molecule has 1 amide bonds. The molecule has 126 valence electrons. The Bertz CT molecular complexity index is 808. The number of ether oxygens (including phenoxy) is 2. The first-order chi connectivity index (χ1) is 11.7. The molecule has 3 aromatic rings. The molecule has 0 bridgehead atoms. The van der Waals surface area contributed by atoms with Crippen LogP contribution in [0.2, 0.25) is 0 Å². The van der Waals surface area contributed by atoms with E-state index in [0.29, 0.717) is 25.4 Å². The van der Waals surface area contributed by atoms with Crippen molar-refractivity contribution in [2.75, 3.05) is 27.4 Å². The molecule has 0 fully saturated rings. The average Bonchev–Trinajstić information content (AvgIpc) is 3.26. The number of hydrogen-bond donors (Lipinski definition) is 1. The number of fused-ring (bicyclic) bond motifs is 1. The molecule has 2 heterocycles. The molecule has 0 spiro atoms. The second-order valence-electron chi connectivity index (χ2n) is 5.44. The van der Waals surface area contributed by atoms with Gasteiger partial charge in [-0.05, 0) is 30.3 Å². The summed E-state index contributed by atoms with van der Waals surface area (Å²) in [5, 5.41) is 0.962. The van der Waals surface area contributed by atoms with Gasteiger partial charge in [0.2, 0.25) is 0 Å². The Morgan fingerprint density at radius 3 is 2.83 bits per heavy atom. The van der Waals surface area contributed by atoms with E-state index in [0.717, 1.165) is 22.4 Å². The Labute approximate surface area is 140 Å². The molecule has 3 rings (SSSR count). The molecule has 0 atom stereocenters. The number of aromatic nitrogens is 1. The molecule has 1 aromatic carbocycles. The fourth-order valence-electron chi connectivity index (χ4n) is 2.56. The Balaban J connectivity index is 1.85. The van der Waals surface area contributed by atoms with E-state index in [2.05, 4.69) is 4.98 Å². The zero-order chi connectivity index (χ0) is 16.9. The first-order valence-corrected chi connectivity index (χ1v) is 7.68. The second-order valence-corrected chi connectivity index (χ2v) is 5.44. The van der Waals surface area contributed by atoms with Crippen LogP contribution in [0.15, 0.2) is 47.1 Å². The third kappa shape index (κ3) is 3.44. The van der Waals surface area contributed by atoms with Crippen LogP contribution in [-0.4, -0.2) is 43.2 Å². The SMILES string of the molecule is COCCN(Cc1ccco1)C(=O)c1cc2ccc(OC)cc2[nH]1.